The lowest BCUT2D eigenvalue weighted by Gasteiger charge is -2.38. The maximum Gasteiger partial charge on any atom is 0.227 e. The smallest absolute Gasteiger partial charge is 0.227 e. The molecule has 1 aliphatic heterocycles. The lowest BCUT2D eigenvalue weighted by atomic mass is 9.73. The van der Waals surface area contributed by atoms with Crippen molar-refractivity contribution in [1.29, 1.82) is 0 Å². The van der Waals surface area contributed by atoms with Crippen LogP contribution in [0.4, 0.5) is 10.3 Å². The van der Waals surface area contributed by atoms with Gasteiger partial charge in [0.2, 0.25) is 11.1 Å². The Bertz CT molecular complexity index is 1190. The molecule has 1 unspecified atom stereocenters. The fourth-order valence-corrected chi connectivity index (χ4v) is 5.08. The molecule has 0 saturated carbocycles. The van der Waals surface area contributed by atoms with Crippen molar-refractivity contribution in [3.8, 4) is 0 Å². The van der Waals surface area contributed by atoms with E-state index in [1.165, 1.54) is 17.8 Å². The number of carbonyl (C=O) groups excluding carboxylic acids is 1. The first-order chi connectivity index (χ1) is 14.9. The SMILES string of the molecule is CC1(C)CC(=O)C2=C(C1)Nc1nc(SCc3ccccc3F)nn1C2c1ccncc1. The van der Waals surface area contributed by atoms with E-state index in [-0.39, 0.29) is 23.1 Å². The van der Waals surface area contributed by atoms with Crippen molar-refractivity contribution in [3.63, 3.8) is 0 Å². The summed E-state index contributed by atoms with van der Waals surface area (Å²) in [6.45, 7) is 4.21. The number of carbonyl (C=O) groups is 1. The normalized spacial score (nSPS) is 19.6. The molecule has 0 saturated heterocycles. The van der Waals surface area contributed by atoms with Gasteiger partial charge in [-0.15, -0.1) is 5.10 Å². The summed E-state index contributed by atoms with van der Waals surface area (Å²) in [6, 6.07) is 10.2. The minimum absolute atomic E-state index is 0.115. The molecule has 0 radical (unpaired) electrons. The molecule has 1 aliphatic carbocycles. The second kappa shape index (κ2) is 7.60. The van der Waals surface area contributed by atoms with Crippen LogP contribution in [0.5, 0.6) is 0 Å². The summed E-state index contributed by atoms with van der Waals surface area (Å²) < 4.78 is 15.8. The molecule has 3 aromatic rings. The van der Waals surface area contributed by atoms with E-state index < -0.39 is 0 Å². The Morgan fingerprint density at radius 1 is 1.19 bits per heavy atom. The number of thioether (sulfide) groups is 1. The van der Waals surface area contributed by atoms with Crippen LogP contribution in [0, 0.1) is 11.2 Å². The molecule has 158 valence electrons. The third-order valence-electron chi connectivity index (χ3n) is 5.65. The monoisotopic (exact) mass is 435 g/mol. The van der Waals surface area contributed by atoms with Crippen LogP contribution in [-0.4, -0.2) is 25.5 Å². The zero-order valence-electron chi connectivity index (χ0n) is 17.3. The van der Waals surface area contributed by atoms with Crippen LogP contribution in [0.3, 0.4) is 0 Å². The molecule has 8 heteroatoms. The molecule has 0 spiro atoms. The Labute approximate surface area is 184 Å². The van der Waals surface area contributed by atoms with Crippen molar-refractivity contribution in [1.82, 2.24) is 19.7 Å². The minimum atomic E-state index is -0.354. The number of nitrogens with one attached hydrogen (secondary N) is 1. The van der Waals surface area contributed by atoms with E-state index >= 15 is 0 Å². The number of hydrogen-bond acceptors (Lipinski definition) is 6. The third kappa shape index (κ3) is 3.76. The summed E-state index contributed by atoms with van der Waals surface area (Å²) in [5.41, 5.74) is 3.08. The number of fused-ring (bicyclic) bond motifs is 1. The number of benzene rings is 1. The van der Waals surface area contributed by atoms with Gasteiger partial charge in [-0.3, -0.25) is 9.78 Å². The second-order valence-corrected chi connectivity index (χ2v) is 9.63. The van der Waals surface area contributed by atoms with Crippen LogP contribution >= 0.6 is 11.8 Å². The van der Waals surface area contributed by atoms with E-state index in [1.54, 1.807) is 29.2 Å². The maximum atomic E-state index is 14.0. The van der Waals surface area contributed by atoms with Gasteiger partial charge in [0.05, 0.1) is 0 Å². The average Bonchev–Trinajstić information content (AvgIpc) is 3.14. The van der Waals surface area contributed by atoms with Gasteiger partial charge in [-0.05, 0) is 41.2 Å². The number of nitrogens with zero attached hydrogens (tertiary/aromatic N) is 4. The molecular formula is C23H22FN5OS. The highest BCUT2D eigenvalue weighted by Gasteiger charge is 2.41. The largest absolute Gasteiger partial charge is 0.328 e. The molecule has 1 N–H and O–H groups in total. The maximum absolute atomic E-state index is 14.0. The van der Waals surface area contributed by atoms with Gasteiger partial charge in [0.25, 0.3) is 0 Å². The zero-order chi connectivity index (χ0) is 21.6. The van der Waals surface area contributed by atoms with E-state index in [2.05, 4.69) is 29.1 Å². The molecule has 5 rings (SSSR count). The minimum Gasteiger partial charge on any atom is -0.328 e. The molecule has 2 aliphatic rings. The van der Waals surface area contributed by atoms with E-state index in [1.807, 2.05) is 18.2 Å². The highest BCUT2D eigenvalue weighted by Crippen LogP contribution is 2.45. The number of hydrogen-bond donors (Lipinski definition) is 1. The fourth-order valence-electron chi connectivity index (χ4n) is 4.26. The Kier molecular flexibility index (Phi) is 4.89. The first kappa shape index (κ1) is 19.9. The highest BCUT2D eigenvalue weighted by atomic mass is 32.2. The van der Waals surface area contributed by atoms with Gasteiger partial charge in [-0.1, -0.05) is 43.8 Å². The van der Waals surface area contributed by atoms with Crippen LogP contribution < -0.4 is 5.32 Å². The first-order valence-corrected chi connectivity index (χ1v) is 11.2. The summed E-state index contributed by atoms with van der Waals surface area (Å²) in [5, 5.41) is 8.59. The molecule has 0 bridgehead atoms. The number of pyridine rings is 1. The predicted molar refractivity (Wildman–Crippen MR) is 117 cm³/mol. The van der Waals surface area contributed by atoms with Crippen LogP contribution in [0.1, 0.15) is 43.9 Å². The van der Waals surface area contributed by atoms with Gasteiger partial charge < -0.3 is 5.32 Å². The summed E-state index contributed by atoms with van der Waals surface area (Å²) in [6.07, 6.45) is 4.70. The number of ketones is 1. The van der Waals surface area contributed by atoms with Crippen LogP contribution in [-0.2, 0) is 10.5 Å². The van der Waals surface area contributed by atoms with Crippen molar-refractivity contribution in [3.05, 3.63) is 77.0 Å². The van der Waals surface area contributed by atoms with Gasteiger partial charge in [0, 0.05) is 35.8 Å². The van der Waals surface area contributed by atoms with Crippen LogP contribution in [0.25, 0.3) is 0 Å². The summed E-state index contributed by atoms with van der Waals surface area (Å²) in [7, 11) is 0. The summed E-state index contributed by atoms with van der Waals surface area (Å²) >= 11 is 1.37. The number of Topliss-reactive ketones (excluding diaryl/α,β-unsaturated/α-hetero) is 1. The summed E-state index contributed by atoms with van der Waals surface area (Å²) in [4.78, 5) is 21.9. The number of aromatic nitrogens is 4. The third-order valence-corrected chi connectivity index (χ3v) is 6.54. The van der Waals surface area contributed by atoms with Crippen molar-refractivity contribution < 1.29 is 9.18 Å². The van der Waals surface area contributed by atoms with Gasteiger partial charge in [-0.2, -0.15) is 4.98 Å². The molecule has 2 aromatic heterocycles. The molecule has 0 fully saturated rings. The highest BCUT2D eigenvalue weighted by molar-refractivity contribution is 7.98. The number of rotatable bonds is 4. The average molecular weight is 436 g/mol. The number of anilines is 1. The lowest BCUT2D eigenvalue weighted by molar-refractivity contribution is -0.118. The Hall–Kier alpha value is -3.00. The Morgan fingerprint density at radius 2 is 1.97 bits per heavy atom. The Morgan fingerprint density at radius 3 is 2.74 bits per heavy atom. The van der Waals surface area contributed by atoms with Crippen molar-refractivity contribution in [2.24, 2.45) is 5.41 Å². The Balaban J connectivity index is 1.52. The van der Waals surface area contributed by atoms with Crippen molar-refractivity contribution >= 4 is 23.5 Å². The van der Waals surface area contributed by atoms with E-state index in [4.69, 9.17) is 5.10 Å². The quantitative estimate of drug-likeness (QED) is 0.596. The van der Waals surface area contributed by atoms with Crippen LogP contribution in [0.15, 0.2) is 65.2 Å². The molecule has 6 nitrogen and oxygen atoms in total. The molecule has 1 aromatic carbocycles. The van der Waals surface area contributed by atoms with E-state index in [0.717, 1.165) is 23.3 Å². The number of halogens is 1. The summed E-state index contributed by atoms with van der Waals surface area (Å²) in [5.74, 6) is 0.913. The zero-order valence-corrected chi connectivity index (χ0v) is 18.1. The van der Waals surface area contributed by atoms with Crippen molar-refractivity contribution in [2.45, 2.75) is 43.6 Å². The number of allylic oxidation sites excluding steroid dienone is 2. The van der Waals surface area contributed by atoms with E-state index in [9.17, 15) is 9.18 Å². The molecule has 1 atom stereocenters. The fraction of sp³-hybridized carbons (Fsp3) is 0.304. The molecule has 31 heavy (non-hydrogen) atoms. The van der Waals surface area contributed by atoms with E-state index in [0.29, 0.717) is 28.8 Å². The van der Waals surface area contributed by atoms with Gasteiger partial charge in [-0.25, -0.2) is 9.07 Å². The molecular weight excluding hydrogens is 413 g/mol. The molecule has 3 heterocycles. The topological polar surface area (TPSA) is 72.7 Å². The van der Waals surface area contributed by atoms with Crippen molar-refractivity contribution in [2.75, 3.05) is 5.32 Å². The van der Waals surface area contributed by atoms with Gasteiger partial charge >= 0.3 is 0 Å². The standard InChI is InChI=1S/C23H22FN5OS/c1-23(2)11-17-19(18(30)12-23)20(14-7-9-25-10-8-14)29-21(26-17)27-22(28-29)31-13-15-5-3-4-6-16(15)24/h3-10,20H,11-13H2,1-2H3,(H,26,27,28). The van der Waals surface area contributed by atoms with Gasteiger partial charge in [0.1, 0.15) is 11.9 Å². The predicted octanol–water partition coefficient (Wildman–Crippen LogP) is 4.76. The van der Waals surface area contributed by atoms with Crippen LogP contribution in [0.2, 0.25) is 0 Å². The molecule has 0 amide bonds. The first-order valence-electron chi connectivity index (χ1n) is 10.2. The second-order valence-electron chi connectivity index (χ2n) is 8.68. The van der Waals surface area contributed by atoms with Gasteiger partial charge in [0.15, 0.2) is 5.78 Å². The lowest BCUT2D eigenvalue weighted by Crippen LogP contribution is -2.36.